The van der Waals surface area contributed by atoms with Crippen LogP contribution in [0.15, 0.2) is 35.2 Å². The lowest BCUT2D eigenvalue weighted by molar-refractivity contribution is -0.131. The van der Waals surface area contributed by atoms with Gasteiger partial charge in [0.15, 0.2) is 9.84 Å². The first kappa shape index (κ1) is 16.0. The molecule has 0 heterocycles. The quantitative estimate of drug-likeness (QED) is 0.617. The predicted molar refractivity (Wildman–Crippen MR) is 73.3 cm³/mol. The SMILES string of the molecule is O=C(O)C=CCNCS(=O)(=O)c1c(Cl)cccc1Cl. The molecule has 0 aromatic heterocycles. The smallest absolute Gasteiger partial charge is 0.328 e. The van der Waals surface area contributed by atoms with Gasteiger partial charge in [0.2, 0.25) is 0 Å². The number of benzene rings is 1. The van der Waals surface area contributed by atoms with Gasteiger partial charge in [-0.3, -0.25) is 5.32 Å². The summed E-state index contributed by atoms with van der Waals surface area (Å²) in [5.41, 5.74) is 0. The van der Waals surface area contributed by atoms with Gasteiger partial charge in [-0.05, 0) is 12.1 Å². The van der Waals surface area contributed by atoms with E-state index in [1.807, 2.05) is 0 Å². The first-order chi connectivity index (χ1) is 8.84. The molecule has 0 saturated heterocycles. The number of nitrogens with one attached hydrogen (secondary N) is 1. The van der Waals surface area contributed by atoms with Crippen molar-refractivity contribution >= 4 is 39.0 Å². The molecule has 0 radical (unpaired) electrons. The van der Waals surface area contributed by atoms with Gasteiger partial charge in [-0.2, -0.15) is 0 Å². The zero-order valence-electron chi connectivity index (χ0n) is 9.64. The zero-order chi connectivity index (χ0) is 14.5. The predicted octanol–water partition coefficient (Wildman–Crippen LogP) is 1.96. The second-order valence-corrected chi connectivity index (χ2v) is 6.25. The molecule has 2 N–H and O–H groups in total. The first-order valence-corrected chi connectivity index (χ1v) is 7.52. The van der Waals surface area contributed by atoms with Crippen molar-refractivity contribution in [3.8, 4) is 0 Å². The number of halogens is 2. The standard InChI is InChI=1S/C11H11Cl2NO4S/c12-8-3-1-4-9(13)11(8)19(17,18)7-14-6-2-5-10(15)16/h1-5,14H,6-7H2,(H,15,16). The summed E-state index contributed by atoms with van der Waals surface area (Å²) in [5, 5.41) is 11.0. The van der Waals surface area contributed by atoms with Crippen molar-refractivity contribution < 1.29 is 18.3 Å². The fourth-order valence-corrected chi connectivity index (χ4v) is 3.65. The van der Waals surface area contributed by atoms with Crippen LogP contribution in [0.3, 0.4) is 0 Å². The summed E-state index contributed by atoms with van der Waals surface area (Å²) in [6.45, 7) is 0.105. The number of hydrogen-bond acceptors (Lipinski definition) is 4. The van der Waals surface area contributed by atoms with E-state index in [1.165, 1.54) is 18.2 Å². The minimum absolute atomic E-state index is 0.0513. The highest BCUT2D eigenvalue weighted by molar-refractivity contribution is 7.91. The van der Waals surface area contributed by atoms with Gasteiger partial charge in [-0.25, -0.2) is 13.2 Å². The number of sulfone groups is 1. The van der Waals surface area contributed by atoms with Crippen LogP contribution < -0.4 is 5.32 Å². The summed E-state index contributed by atoms with van der Waals surface area (Å²) in [7, 11) is -3.68. The zero-order valence-corrected chi connectivity index (χ0v) is 12.0. The number of carboxylic acid groups (broad SMARTS) is 1. The lowest BCUT2D eigenvalue weighted by atomic mass is 10.4. The molecule has 1 rings (SSSR count). The Morgan fingerprint density at radius 3 is 2.42 bits per heavy atom. The molecule has 0 amide bonds. The van der Waals surface area contributed by atoms with E-state index in [0.717, 1.165) is 6.08 Å². The molecule has 0 aliphatic heterocycles. The fraction of sp³-hybridized carbons (Fsp3) is 0.182. The van der Waals surface area contributed by atoms with Crippen LogP contribution in [0.4, 0.5) is 0 Å². The lowest BCUT2D eigenvalue weighted by Gasteiger charge is -2.08. The molecule has 5 nitrogen and oxygen atoms in total. The second kappa shape index (κ2) is 6.91. The Labute approximate surface area is 120 Å². The largest absolute Gasteiger partial charge is 0.478 e. The van der Waals surface area contributed by atoms with Crippen LogP contribution in [-0.2, 0) is 14.6 Å². The molecular weight excluding hydrogens is 313 g/mol. The van der Waals surface area contributed by atoms with E-state index in [0.29, 0.717) is 0 Å². The minimum atomic E-state index is -3.68. The van der Waals surface area contributed by atoms with Crippen molar-refractivity contribution in [3.05, 3.63) is 40.4 Å². The van der Waals surface area contributed by atoms with Crippen molar-refractivity contribution in [2.24, 2.45) is 0 Å². The minimum Gasteiger partial charge on any atom is -0.478 e. The van der Waals surface area contributed by atoms with Crippen molar-refractivity contribution in [1.82, 2.24) is 5.32 Å². The van der Waals surface area contributed by atoms with E-state index >= 15 is 0 Å². The summed E-state index contributed by atoms with van der Waals surface area (Å²) in [5.74, 6) is -1.49. The van der Waals surface area contributed by atoms with Gasteiger partial charge in [0, 0.05) is 12.6 Å². The normalized spacial score (nSPS) is 11.9. The topological polar surface area (TPSA) is 83.5 Å². The summed E-state index contributed by atoms with van der Waals surface area (Å²) >= 11 is 11.6. The van der Waals surface area contributed by atoms with Crippen LogP contribution in [0.5, 0.6) is 0 Å². The molecule has 0 aliphatic rings. The van der Waals surface area contributed by atoms with E-state index in [2.05, 4.69) is 5.32 Å². The molecule has 1 aromatic rings. The summed E-state index contributed by atoms with van der Waals surface area (Å²) < 4.78 is 24.0. The van der Waals surface area contributed by atoms with Gasteiger partial charge in [0.05, 0.1) is 10.0 Å². The van der Waals surface area contributed by atoms with E-state index in [9.17, 15) is 13.2 Å². The Balaban J connectivity index is 2.74. The molecule has 0 aliphatic carbocycles. The average molecular weight is 324 g/mol. The molecule has 0 bridgehead atoms. The Kier molecular flexibility index (Phi) is 5.81. The molecule has 0 atom stereocenters. The van der Waals surface area contributed by atoms with Gasteiger partial charge in [0.1, 0.15) is 10.8 Å². The van der Waals surface area contributed by atoms with Crippen LogP contribution in [0.25, 0.3) is 0 Å². The molecule has 104 valence electrons. The molecule has 1 aromatic carbocycles. The number of rotatable bonds is 6. The Morgan fingerprint density at radius 2 is 1.89 bits per heavy atom. The highest BCUT2D eigenvalue weighted by atomic mass is 35.5. The molecule has 0 spiro atoms. The van der Waals surface area contributed by atoms with Crippen LogP contribution in [-0.4, -0.2) is 31.9 Å². The molecule has 0 unspecified atom stereocenters. The van der Waals surface area contributed by atoms with Crippen molar-refractivity contribution in [3.63, 3.8) is 0 Å². The third-order valence-electron chi connectivity index (χ3n) is 2.04. The van der Waals surface area contributed by atoms with Crippen LogP contribution in [0, 0.1) is 0 Å². The Hall–Kier alpha value is -1.08. The van der Waals surface area contributed by atoms with Crippen molar-refractivity contribution in [2.75, 3.05) is 12.4 Å². The van der Waals surface area contributed by atoms with Gasteiger partial charge in [-0.1, -0.05) is 35.3 Å². The summed E-state index contributed by atoms with van der Waals surface area (Å²) in [4.78, 5) is 10.1. The molecule has 8 heteroatoms. The van der Waals surface area contributed by atoms with Gasteiger partial charge in [0.25, 0.3) is 0 Å². The molecule has 19 heavy (non-hydrogen) atoms. The van der Waals surface area contributed by atoms with Gasteiger partial charge in [-0.15, -0.1) is 0 Å². The Morgan fingerprint density at radius 1 is 1.32 bits per heavy atom. The maximum absolute atomic E-state index is 12.0. The van der Waals surface area contributed by atoms with E-state index < -0.39 is 15.8 Å². The second-order valence-electron chi connectivity index (χ2n) is 3.50. The van der Waals surface area contributed by atoms with Crippen LogP contribution in [0.1, 0.15) is 0 Å². The monoisotopic (exact) mass is 323 g/mol. The molecular formula is C11H11Cl2NO4S. The van der Waals surface area contributed by atoms with E-state index in [-0.39, 0.29) is 27.4 Å². The third kappa shape index (κ3) is 4.83. The lowest BCUT2D eigenvalue weighted by Crippen LogP contribution is -2.24. The molecule has 0 saturated carbocycles. The number of hydrogen-bond donors (Lipinski definition) is 2. The third-order valence-corrected chi connectivity index (χ3v) is 4.54. The van der Waals surface area contributed by atoms with Crippen molar-refractivity contribution in [2.45, 2.75) is 4.90 Å². The maximum Gasteiger partial charge on any atom is 0.328 e. The van der Waals surface area contributed by atoms with E-state index in [1.54, 1.807) is 6.07 Å². The van der Waals surface area contributed by atoms with Gasteiger partial charge < -0.3 is 5.11 Å². The number of carbonyl (C=O) groups is 1. The fourth-order valence-electron chi connectivity index (χ4n) is 1.29. The van der Waals surface area contributed by atoms with Crippen LogP contribution in [0.2, 0.25) is 10.0 Å². The molecule has 0 fully saturated rings. The highest BCUT2D eigenvalue weighted by Gasteiger charge is 2.20. The van der Waals surface area contributed by atoms with Crippen molar-refractivity contribution in [1.29, 1.82) is 0 Å². The summed E-state index contributed by atoms with van der Waals surface area (Å²) in [6, 6.07) is 4.42. The number of carboxylic acids is 1. The maximum atomic E-state index is 12.0. The Bertz CT molecular complexity index is 578. The van der Waals surface area contributed by atoms with Crippen LogP contribution >= 0.6 is 23.2 Å². The van der Waals surface area contributed by atoms with Gasteiger partial charge >= 0.3 is 5.97 Å². The first-order valence-electron chi connectivity index (χ1n) is 5.11. The number of aliphatic carboxylic acids is 1. The average Bonchev–Trinajstić information content (AvgIpc) is 2.27. The van der Waals surface area contributed by atoms with E-state index in [4.69, 9.17) is 28.3 Å². The highest BCUT2D eigenvalue weighted by Crippen LogP contribution is 2.29. The summed E-state index contributed by atoms with van der Waals surface area (Å²) in [6.07, 6.45) is 2.22.